The Balaban J connectivity index is 2.21. The molecule has 2 nitrogen and oxygen atoms in total. The van der Waals surface area contributed by atoms with E-state index in [-0.39, 0.29) is 0 Å². The number of carbonyl (C=O) groups is 1. The third kappa shape index (κ3) is 11.2. The molecule has 166 valence electrons. The van der Waals surface area contributed by atoms with Crippen molar-refractivity contribution >= 4 is 5.97 Å². The zero-order valence-corrected chi connectivity index (χ0v) is 17.6. The van der Waals surface area contributed by atoms with Crippen LogP contribution in [-0.2, 0) is 10.9 Å². The van der Waals surface area contributed by atoms with Crippen LogP contribution < -0.4 is 0 Å². The molecule has 0 heterocycles. The molecule has 1 aromatic rings. The van der Waals surface area contributed by atoms with Gasteiger partial charge in [0.15, 0.2) is 0 Å². The number of benzene rings is 1. The molecule has 0 bridgehead atoms. The van der Waals surface area contributed by atoms with Crippen LogP contribution in [0, 0.1) is 5.82 Å². The first-order valence-electron chi connectivity index (χ1n) is 10.8. The van der Waals surface area contributed by atoms with Gasteiger partial charge in [0.2, 0.25) is 0 Å². The minimum absolute atomic E-state index is 0.366. The van der Waals surface area contributed by atoms with Crippen molar-refractivity contribution in [1.82, 2.24) is 0 Å². The van der Waals surface area contributed by atoms with Crippen LogP contribution in [0.25, 0.3) is 0 Å². The van der Waals surface area contributed by atoms with E-state index >= 15 is 0 Å². The molecule has 1 aromatic carbocycles. The lowest BCUT2D eigenvalue weighted by Crippen LogP contribution is -2.16. The quantitative estimate of drug-likeness (QED) is 0.173. The van der Waals surface area contributed by atoms with E-state index in [9.17, 15) is 22.4 Å². The van der Waals surface area contributed by atoms with Crippen molar-refractivity contribution in [3.05, 3.63) is 35.1 Å². The van der Waals surface area contributed by atoms with Crippen LogP contribution in [-0.4, -0.2) is 12.1 Å². The number of halogens is 4. The van der Waals surface area contributed by atoms with Crippen molar-refractivity contribution in [3.8, 4) is 0 Å². The summed E-state index contributed by atoms with van der Waals surface area (Å²) in [4.78, 5) is 12.0. The van der Waals surface area contributed by atoms with E-state index in [1.54, 1.807) is 6.92 Å². The Bertz CT molecular complexity index is 599. The molecule has 0 fully saturated rings. The molecule has 0 saturated heterocycles. The highest BCUT2D eigenvalue weighted by Crippen LogP contribution is 2.30. The lowest BCUT2D eigenvalue weighted by Gasteiger charge is -2.14. The number of unbranched alkanes of at least 4 members (excludes halogenated alkanes) is 10. The van der Waals surface area contributed by atoms with Crippen LogP contribution in [0.1, 0.15) is 107 Å². The molecule has 0 aliphatic rings. The highest BCUT2D eigenvalue weighted by molar-refractivity contribution is 5.89. The van der Waals surface area contributed by atoms with E-state index in [1.807, 2.05) is 0 Å². The summed E-state index contributed by atoms with van der Waals surface area (Å²) in [5.74, 6) is -2.03. The second-order valence-corrected chi connectivity index (χ2v) is 7.77. The molecule has 0 radical (unpaired) electrons. The van der Waals surface area contributed by atoms with Gasteiger partial charge in [-0.1, -0.05) is 71.1 Å². The summed E-state index contributed by atoms with van der Waals surface area (Å²) in [6.07, 6.45) is 8.87. The Labute approximate surface area is 172 Å². The Hall–Kier alpha value is -1.59. The molecule has 0 saturated carbocycles. The number of hydrogen-bond acceptors (Lipinski definition) is 2. The van der Waals surface area contributed by atoms with Gasteiger partial charge in [0.05, 0.1) is 17.2 Å². The first-order chi connectivity index (χ1) is 13.7. The maximum absolute atomic E-state index is 13.4. The molecular formula is C23H34F4O2. The van der Waals surface area contributed by atoms with Crippen LogP contribution in [0.15, 0.2) is 18.2 Å². The second kappa shape index (κ2) is 13.6. The minimum atomic E-state index is -4.71. The lowest BCUT2D eigenvalue weighted by molar-refractivity contribution is -0.137. The summed E-state index contributed by atoms with van der Waals surface area (Å²) in [5, 5.41) is 0. The monoisotopic (exact) mass is 418 g/mol. The van der Waals surface area contributed by atoms with E-state index in [4.69, 9.17) is 4.74 Å². The standard InChI is InChI=1S/C23H34F4O2/c1-3-4-5-6-7-8-9-10-11-12-13-14-18(2)29-22(28)19-15-20(23(25,26)27)17-21(24)16-19/h15-18H,3-14H2,1-2H3. The highest BCUT2D eigenvalue weighted by atomic mass is 19.4. The maximum Gasteiger partial charge on any atom is 0.416 e. The summed E-state index contributed by atoms with van der Waals surface area (Å²) in [7, 11) is 0. The van der Waals surface area contributed by atoms with E-state index in [2.05, 4.69) is 6.92 Å². The van der Waals surface area contributed by atoms with Gasteiger partial charge in [-0.2, -0.15) is 13.2 Å². The molecule has 0 aliphatic carbocycles. The van der Waals surface area contributed by atoms with Crippen LogP contribution in [0.4, 0.5) is 17.6 Å². The number of carbonyl (C=O) groups excluding carboxylic acids is 1. The number of hydrogen-bond donors (Lipinski definition) is 0. The fraction of sp³-hybridized carbons (Fsp3) is 0.696. The molecule has 29 heavy (non-hydrogen) atoms. The largest absolute Gasteiger partial charge is 0.459 e. The number of rotatable bonds is 14. The molecule has 6 heteroatoms. The third-order valence-corrected chi connectivity index (χ3v) is 4.98. The van der Waals surface area contributed by atoms with Crippen LogP contribution in [0.5, 0.6) is 0 Å². The zero-order chi connectivity index (χ0) is 21.7. The minimum Gasteiger partial charge on any atom is -0.459 e. The Kier molecular flexibility index (Phi) is 11.9. The Morgan fingerprint density at radius 2 is 1.41 bits per heavy atom. The van der Waals surface area contributed by atoms with Crippen LogP contribution in [0.2, 0.25) is 0 Å². The SMILES string of the molecule is CCCCCCCCCCCCCC(C)OC(=O)c1cc(F)cc(C(F)(F)F)c1. The molecule has 0 spiro atoms. The summed E-state index contributed by atoms with van der Waals surface area (Å²) in [6, 6.07) is 1.76. The van der Waals surface area contributed by atoms with Crippen molar-refractivity contribution < 1.29 is 27.1 Å². The number of ether oxygens (including phenoxy) is 1. The smallest absolute Gasteiger partial charge is 0.416 e. The van der Waals surface area contributed by atoms with Crippen LogP contribution in [0.3, 0.4) is 0 Å². The van der Waals surface area contributed by atoms with Gasteiger partial charge in [-0.15, -0.1) is 0 Å². The predicted molar refractivity (Wildman–Crippen MR) is 107 cm³/mol. The lowest BCUT2D eigenvalue weighted by atomic mass is 10.0. The second-order valence-electron chi connectivity index (χ2n) is 7.77. The van der Waals surface area contributed by atoms with Gasteiger partial charge in [0.1, 0.15) is 5.82 Å². The first kappa shape index (κ1) is 25.4. The number of alkyl halides is 3. The molecule has 0 N–H and O–H groups in total. The highest BCUT2D eigenvalue weighted by Gasteiger charge is 2.32. The fourth-order valence-corrected chi connectivity index (χ4v) is 3.28. The molecule has 0 amide bonds. The fourth-order valence-electron chi connectivity index (χ4n) is 3.28. The van der Waals surface area contributed by atoms with Crippen molar-refractivity contribution in [2.45, 2.75) is 103 Å². The Morgan fingerprint density at radius 3 is 1.93 bits per heavy atom. The Morgan fingerprint density at radius 1 is 0.897 bits per heavy atom. The van der Waals surface area contributed by atoms with Crippen molar-refractivity contribution in [2.75, 3.05) is 0 Å². The molecule has 1 atom stereocenters. The number of esters is 1. The zero-order valence-electron chi connectivity index (χ0n) is 17.6. The molecule has 1 rings (SSSR count). The average molecular weight is 419 g/mol. The topological polar surface area (TPSA) is 26.3 Å². The molecule has 1 unspecified atom stereocenters. The molecular weight excluding hydrogens is 384 g/mol. The third-order valence-electron chi connectivity index (χ3n) is 4.98. The summed E-state index contributed by atoms with van der Waals surface area (Å²) in [6.45, 7) is 3.92. The van der Waals surface area contributed by atoms with Crippen molar-refractivity contribution in [3.63, 3.8) is 0 Å². The van der Waals surface area contributed by atoms with Crippen molar-refractivity contribution in [2.24, 2.45) is 0 Å². The van der Waals surface area contributed by atoms with E-state index < -0.39 is 35.2 Å². The molecule has 0 aliphatic heterocycles. The summed E-state index contributed by atoms with van der Waals surface area (Å²) < 4.78 is 56.8. The van der Waals surface area contributed by atoms with Gasteiger partial charge in [0.25, 0.3) is 0 Å². The summed E-state index contributed by atoms with van der Waals surface area (Å²) >= 11 is 0. The van der Waals surface area contributed by atoms with Gasteiger partial charge >= 0.3 is 12.1 Å². The van der Waals surface area contributed by atoms with Gasteiger partial charge in [-0.3, -0.25) is 0 Å². The van der Waals surface area contributed by atoms with Gasteiger partial charge in [-0.25, -0.2) is 9.18 Å². The van der Waals surface area contributed by atoms with Crippen LogP contribution >= 0.6 is 0 Å². The summed E-state index contributed by atoms with van der Waals surface area (Å²) in [5.41, 5.74) is -1.61. The normalized spacial score (nSPS) is 12.8. The van der Waals surface area contributed by atoms with Gasteiger partial charge in [-0.05, 0) is 38.0 Å². The van der Waals surface area contributed by atoms with E-state index in [1.165, 1.54) is 51.4 Å². The van der Waals surface area contributed by atoms with Crippen molar-refractivity contribution in [1.29, 1.82) is 0 Å². The van der Waals surface area contributed by atoms with E-state index in [0.29, 0.717) is 18.6 Å². The maximum atomic E-state index is 13.4. The van der Waals surface area contributed by atoms with Gasteiger partial charge < -0.3 is 4.74 Å². The van der Waals surface area contributed by atoms with E-state index in [0.717, 1.165) is 25.3 Å². The van der Waals surface area contributed by atoms with Gasteiger partial charge in [0, 0.05) is 0 Å². The average Bonchev–Trinajstić information content (AvgIpc) is 2.65. The predicted octanol–water partition coefficient (Wildman–Crippen LogP) is 8.09. The first-order valence-corrected chi connectivity index (χ1v) is 10.8. The molecule has 0 aromatic heterocycles.